The van der Waals surface area contributed by atoms with Crippen molar-refractivity contribution in [2.45, 2.75) is 26.3 Å². The highest BCUT2D eigenvalue weighted by atomic mass is 35.5. The number of benzene rings is 1. The summed E-state index contributed by atoms with van der Waals surface area (Å²) >= 11 is 5.95. The minimum Gasteiger partial charge on any atom is -0.324 e. The van der Waals surface area contributed by atoms with Crippen LogP contribution in [0.15, 0.2) is 18.2 Å². The lowest BCUT2D eigenvalue weighted by atomic mass is 9.93. The first kappa shape index (κ1) is 14.7. The summed E-state index contributed by atoms with van der Waals surface area (Å²) in [4.78, 5) is 0. The molecule has 0 fully saturated rings. The summed E-state index contributed by atoms with van der Waals surface area (Å²) in [5.41, 5.74) is 6.66. The van der Waals surface area contributed by atoms with Gasteiger partial charge in [-0.3, -0.25) is 0 Å². The van der Waals surface area contributed by atoms with E-state index in [4.69, 9.17) is 17.3 Å². The van der Waals surface area contributed by atoms with Gasteiger partial charge in [0.2, 0.25) is 0 Å². The molecule has 0 radical (unpaired) electrons. The van der Waals surface area contributed by atoms with E-state index in [0.29, 0.717) is 16.5 Å². The van der Waals surface area contributed by atoms with Gasteiger partial charge in [-0.25, -0.2) is 4.39 Å². The molecule has 0 aliphatic heterocycles. The topological polar surface area (TPSA) is 26.0 Å². The molecule has 0 saturated carbocycles. The zero-order valence-electron chi connectivity index (χ0n) is 8.84. The van der Waals surface area contributed by atoms with E-state index >= 15 is 0 Å². The molecule has 2 N–H and O–H groups in total. The molecule has 1 aromatic carbocycles. The van der Waals surface area contributed by atoms with Gasteiger partial charge in [0.15, 0.2) is 0 Å². The third kappa shape index (κ3) is 3.63. The second-order valence-corrected chi connectivity index (χ2v) is 3.98. The van der Waals surface area contributed by atoms with E-state index in [1.54, 1.807) is 6.07 Å². The molecule has 0 bridgehead atoms. The highest BCUT2D eigenvalue weighted by Gasteiger charge is 2.16. The third-order valence-corrected chi connectivity index (χ3v) is 2.92. The van der Waals surface area contributed by atoms with Crippen LogP contribution in [0.1, 0.15) is 31.9 Å². The fraction of sp³-hybridized carbons (Fsp3) is 0.455. The predicted octanol–water partition coefficient (Wildman–Crippen LogP) is 3.95. The van der Waals surface area contributed by atoms with E-state index in [2.05, 4.69) is 6.92 Å². The van der Waals surface area contributed by atoms with Gasteiger partial charge in [0.1, 0.15) is 5.82 Å². The zero-order valence-corrected chi connectivity index (χ0v) is 10.4. The Morgan fingerprint density at radius 3 is 2.60 bits per heavy atom. The van der Waals surface area contributed by atoms with Crippen LogP contribution in [0.25, 0.3) is 0 Å². The molecule has 1 rings (SSSR count). The lowest BCUT2D eigenvalue weighted by molar-refractivity contribution is 0.455. The van der Waals surface area contributed by atoms with Crippen molar-refractivity contribution >= 4 is 24.0 Å². The monoisotopic (exact) mass is 251 g/mol. The zero-order chi connectivity index (χ0) is 10.7. The molecule has 2 atom stereocenters. The maximum absolute atomic E-state index is 13.0. The van der Waals surface area contributed by atoms with E-state index in [-0.39, 0.29) is 24.3 Å². The maximum atomic E-state index is 13.0. The smallest absolute Gasteiger partial charge is 0.123 e. The molecule has 0 aromatic heterocycles. The summed E-state index contributed by atoms with van der Waals surface area (Å²) in [5, 5.41) is 0.541. The minimum atomic E-state index is -0.289. The average Bonchev–Trinajstić information content (AvgIpc) is 2.19. The first-order valence-corrected chi connectivity index (χ1v) is 5.14. The minimum absolute atomic E-state index is 0. The van der Waals surface area contributed by atoms with E-state index in [0.717, 1.165) is 6.42 Å². The summed E-state index contributed by atoms with van der Waals surface area (Å²) < 4.78 is 13.0. The van der Waals surface area contributed by atoms with Crippen LogP contribution in [0, 0.1) is 11.7 Å². The summed E-state index contributed by atoms with van der Waals surface area (Å²) in [6.45, 7) is 4.09. The molecule has 0 amide bonds. The Hall–Kier alpha value is -0.310. The van der Waals surface area contributed by atoms with Gasteiger partial charge in [-0.15, -0.1) is 12.4 Å². The molecule has 0 spiro atoms. The molecule has 0 aliphatic carbocycles. The van der Waals surface area contributed by atoms with Crippen molar-refractivity contribution in [3.63, 3.8) is 0 Å². The number of hydrogen-bond acceptors (Lipinski definition) is 1. The third-order valence-electron chi connectivity index (χ3n) is 2.57. The van der Waals surface area contributed by atoms with Crippen LogP contribution >= 0.6 is 24.0 Å². The van der Waals surface area contributed by atoms with Gasteiger partial charge in [0.25, 0.3) is 0 Å². The fourth-order valence-electron chi connectivity index (χ4n) is 1.33. The molecule has 4 heteroatoms. The normalized spacial score (nSPS) is 14.2. The van der Waals surface area contributed by atoms with Gasteiger partial charge in [0, 0.05) is 11.1 Å². The molecule has 1 aromatic rings. The Morgan fingerprint density at radius 2 is 2.07 bits per heavy atom. The first-order valence-electron chi connectivity index (χ1n) is 4.76. The fourth-order valence-corrected chi connectivity index (χ4v) is 1.57. The summed E-state index contributed by atoms with van der Waals surface area (Å²) in [6, 6.07) is 4.12. The first-order chi connectivity index (χ1) is 6.56. The second-order valence-electron chi connectivity index (χ2n) is 3.58. The van der Waals surface area contributed by atoms with Crippen molar-refractivity contribution in [1.29, 1.82) is 0 Å². The van der Waals surface area contributed by atoms with Crippen molar-refractivity contribution in [2.75, 3.05) is 0 Å². The SMILES string of the molecule is CCC(C)[C@@H](N)c1cc(F)ccc1Cl.Cl. The van der Waals surface area contributed by atoms with Crippen LogP contribution in [0.3, 0.4) is 0 Å². The molecular weight excluding hydrogens is 236 g/mol. The Labute approximate surface area is 101 Å². The predicted molar refractivity (Wildman–Crippen MR) is 65.0 cm³/mol. The van der Waals surface area contributed by atoms with Gasteiger partial charge < -0.3 is 5.73 Å². The lowest BCUT2D eigenvalue weighted by Crippen LogP contribution is -2.19. The standard InChI is InChI=1S/C11H15ClFN.ClH/c1-3-7(2)11(14)9-6-8(13)4-5-10(9)12;/h4-7,11H,3,14H2,1-2H3;1H/t7?,11-;/m1./s1. The van der Waals surface area contributed by atoms with Crippen LogP contribution < -0.4 is 5.73 Å². The quantitative estimate of drug-likeness (QED) is 0.866. The second kappa shape index (κ2) is 6.31. The Kier molecular flexibility index (Phi) is 6.18. The van der Waals surface area contributed by atoms with Gasteiger partial charge >= 0.3 is 0 Å². The van der Waals surface area contributed by atoms with Crippen LogP contribution in [0.2, 0.25) is 5.02 Å². The summed E-state index contributed by atoms with van der Waals surface area (Å²) in [6.07, 6.45) is 0.952. The summed E-state index contributed by atoms with van der Waals surface area (Å²) in [5.74, 6) is 0.0115. The molecule has 0 heterocycles. The maximum Gasteiger partial charge on any atom is 0.123 e. The number of rotatable bonds is 3. The van der Waals surface area contributed by atoms with Crippen molar-refractivity contribution in [1.82, 2.24) is 0 Å². The number of hydrogen-bond donors (Lipinski definition) is 1. The van der Waals surface area contributed by atoms with Crippen LogP contribution in [0.5, 0.6) is 0 Å². The van der Waals surface area contributed by atoms with Gasteiger partial charge in [-0.1, -0.05) is 31.9 Å². The number of nitrogens with two attached hydrogens (primary N) is 1. The molecule has 15 heavy (non-hydrogen) atoms. The van der Waals surface area contributed by atoms with Crippen LogP contribution in [0.4, 0.5) is 4.39 Å². The van der Waals surface area contributed by atoms with Crippen molar-refractivity contribution in [3.8, 4) is 0 Å². The molecule has 0 aliphatic rings. The molecule has 1 unspecified atom stereocenters. The largest absolute Gasteiger partial charge is 0.324 e. The average molecular weight is 252 g/mol. The van der Waals surface area contributed by atoms with Crippen molar-refractivity contribution in [3.05, 3.63) is 34.6 Å². The van der Waals surface area contributed by atoms with Crippen LogP contribution in [-0.2, 0) is 0 Å². The Balaban J connectivity index is 0.00000196. The molecular formula is C11H16Cl2FN. The number of halogens is 3. The van der Waals surface area contributed by atoms with Gasteiger partial charge in [-0.2, -0.15) is 0 Å². The van der Waals surface area contributed by atoms with Gasteiger partial charge in [0.05, 0.1) is 0 Å². The van der Waals surface area contributed by atoms with Crippen LogP contribution in [-0.4, -0.2) is 0 Å². The van der Waals surface area contributed by atoms with Crippen molar-refractivity contribution < 1.29 is 4.39 Å². The molecule has 1 nitrogen and oxygen atoms in total. The highest BCUT2D eigenvalue weighted by Crippen LogP contribution is 2.28. The van der Waals surface area contributed by atoms with Crippen molar-refractivity contribution in [2.24, 2.45) is 11.7 Å². The van der Waals surface area contributed by atoms with E-state index < -0.39 is 0 Å². The summed E-state index contributed by atoms with van der Waals surface area (Å²) in [7, 11) is 0. The Morgan fingerprint density at radius 1 is 1.47 bits per heavy atom. The Bertz CT molecular complexity index is 317. The van der Waals surface area contributed by atoms with Gasteiger partial charge in [-0.05, 0) is 29.7 Å². The molecule has 86 valence electrons. The van der Waals surface area contributed by atoms with E-state index in [9.17, 15) is 4.39 Å². The van der Waals surface area contributed by atoms with E-state index in [1.807, 2.05) is 6.92 Å². The lowest BCUT2D eigenvalue weighted by Gasteiger charge is -2.19. The van der Waals surface area contributed by atoms with E-state index in [1.165, 1.54) is 12.1 Å². The highest BCUT2D eigenvalue weighted by molar-refractivity contribution is 6.31. The molecule has 0 saturated heterocycles.